The van der Waals surface area contributed by atoms with Gasteiger partial charge in [0, 0.05) is 0 Å². The van der Waals surface area contributed by atoms with E-state index >= 15 is 0 Å². The number of amidine groups is 1. The first-order valence-electron chi connectivity index (χ1n) is 7.68. The van der Waals surface area contributed by atoms with Crippen LogP contribution < -0.4 is 4.74 Å². The first kappa shape index (κ1) is 19.1. The Kier molecular flexibility index (Phi) is 7.70. The summed E-state index contributed by atoms with van der Waals surface area (Å²) in [6.07, 6.45) is 6.34. The average Bonchev–Trinajstić information content (AvgIpc) is 2.56. The van der Waals surface area contributed by atoms with Gasteiger partial charge < -0.3 is 0 Å². The van der Waals surface area contributed by atoms with Crippen molar-refractivity contribution < 1.29 is 4.74 Å². The maximum atomic E-state index is 5.33. The molecule has 118 valence electrons. The standard InChI is InChI=1S/C17H21N3O.2Pb/c1-4-5-6-15(18-2)9-10-20-12-14-7-8-16(21-3)11-17(14)19-13-20;;/h5-8,11-12H,4,9-10H2,1-3H3;;/b6-5-,18-15?;;. The van der Waals surface area contributed by atoms with Crippen LogP contribution in [0.15, 0.2) is 40.3 Å². The van der Waals surface area contributed by atoms with Crippen molar-refractivity contribution in [2.45, 2.75) is 23.4 Å². The van der Waals surface area contributed by atoms with Gasteiger partial charge in [-0.05, 0) is 0 Å². The molecule has 0 bridgehead atoms. The zero-order valence-electron chi connectivity index (χ0n) is 13.8. The number of hydrogen-bond acceptors (Lipinski definition) is 4. The molecule has 1 unspecified atom stereocenters. The maximum absolute atomic E-state index is 5.33. The van der Waals surface area contributed by atoms with Crippen molar-refractivity contribution in [1.82, 2.24) is 4.90 Å². The fraction of sp³-hybridized carbons (Fsp3) is 0.412. The molecule has 0 fully saturated rings. The van der Waals surface area contributed by atoms with Gasteiger partial charge >= 0.3 is 172 Å². The summed E-state index contributed by atoms with van der Waals surface area (Å²) in [5.41, 5.74) is 3.58. The molecule has 0 saturated carbocycles. The van der Waals surface area contributed by atoms with Crippen molar-refractivity contribution in [3.63, 3.8) is 0 Å². The molecular weight excluding hydrogens is 677 g/mol. The van der Waals surface area contributed by atoms with Crippen molar-refractivity contribution >= 4 is 66.3 Å². The van der Waals surface area contributed by atoms with E-state index in [9.17, 15) is 0 Å². The van der Waals surface area contributed by atoms with E-state index < -0.39 is 0 Å². The second-order valence-electron chi connectivity index (χ2n) is 5.23. The third kappa shape index (κ3) is 4.86. The number of nitrogens with zero attached hydrogens (tertiary/aromatic N) is 3. The summed E-state index contributed by atoms with van der Waals surface area (Å²) in [4.78, 5) is 11.7. The van der Waals surface area contributed by atoms with Gasteiger partial charge in [-0.3, -0.25) is 0 Å². The molecule has 2 rings (SSSR count). The summed E-state index contributed by atoms with van der Waals surface area (Å²) in [5.74, 6) is 0.884. The minimum atomic E-state index is 0.481. The van der Waals surface area contributed by atoms with Crippen molar-refractivity contribution in [2.24, 2.45) is 9.98 Å². The van der Waals surface area contributed by atoms with Gasteiger partial charge in [0.05, 0.1) is 0 Å². The molecule has 6 radical (unpaired) electrons. The molecule has 0 aromatic heterocycles. The number of rotatable bonds is 6. The van der Waals surface area contributed by atoms with Gasteiger partial charge in [0.15, 0.2) is 0 Å². The van der Waals surface area contributed by atoms with Crippen molar-refractivity contribution in [2.75, 3.05) is 20.7 Å². The molecular formula is C17H21N3OPb2. The fourth-order valence-electron chi connectivity index (χ4n) is 2.44. The minimum absolute atomic E-state index is 0.481. The summed E-state index contributed by atoms with van der Waals surface area (Å²) < 4.78 is 7.03. The fourth-order valence-corrected chi connectivity index (χ4v) is 7.72. The Bertz CT molecular complexity index is 641. The summed E-state index contributed by atoms with van der Waals surface area (Å²) in [6.45, 7) is 3.14. The Morgan fingerprint density at radius 1 is 1.48 bits per heavy atom. The van der Waals surface area contributed by atoms with Crippen molar-refractivity contribution in [1.29, 1.82) is 0 Å². The van der Waals surface area contributed by atoms with E-state index in [4.69, 9.17) is 9.73 Å². The third-order valence-electron chi connectivity index (χ3n) is 3.78. The van der Waals surface area contributed by atoms with Gasteiger partial charge in [-0.25, -0.2) is 0 Å². The Morgan fingerprint density at radius 2 is 2.26 bits per heavy atom. The van der Waals surface area contributed by atoms with Gasteiger partial charge in [-0.1, -0.05) is 0 Å². The molecule has 1 aliphatic heterocycles. The summed E-state index contributed by atoms with van der Waals surface area (Å²) in [6, 6.07) is 6.26. The van der Waals surface area contributed by atoms with E-state index in [1.807, 2.05) is 13.1 Å². The van der Waals surface area contributed by atoms with Gasteiger partial charge in [-0.15, -0.1) is 0 Å². The zero-order chi connectivity index (χ0) is 16.8. The predicted molar refractivity (Wildman–Crippen MR) is 98.5 cm³/mol. The van der Waals surface area contributed by atoms with Crippen LogP contribution in [0.2, 0.25) is 0 Å². The first-order chi connectivity index (χ1) is 11.1. The summed E-state index contributed by atoms with van der Waals surface area (Å²) in [5, 5.41) is 0. The molecule has 0 spiro atoms. The predicted octanol–water partition coefficient (Wildman–Crippen LogP) is 2.76. The molecule has 1 heterocycles. The van der Waals surface area contributed by atoms with Crippen LogP contribution in [-0.4, -0.2) is 86.2 Å². The van der Waals surface area contributed by atoms with E-state index in [-0.39, 0.29) is 0 Å². The topological polar surface area (TPSA) is 37.2 Å². The van der Waals surface area contributed by atoms with E-state index in [0.717, 1.165) is 88.1 Å². The third-order valence-corrected chi connectivity index (χ3v) is 7.76. The Morgan fingerprint density at radius 3 is 2.91 bits per heavy atom. The average molecular weight is 698 g/mol. The molecule has 0 aliphatic carbocycles. The van der Waals surface area contributed by atoms with Crippen LogP contribution in [0, 0.1) is 0 Å². The van der Waals surface area contributed by atoms with Crippen LogP contribution in [0.5, 0.6) is 5.75 Å². The van der Waals surface area contributed by atoms with E-state index in [2.05, 4.69) is 41.1 Å². The quantitative estimate of drug-likeness (QED) is 0.339. The number of aliphatic imine (C=N–C) groups is 2. The van der Waals surface area contributed by atoms with Gasteiger partial charge in [0.1, 0.15) is 0 Å². The van der Waals surface area contributed by atoms with Crippen LogP contribution in [0.4, 0.5) is 5.69 Å². The number of fused-ring (bicyclic) bond motifs is 1. The summed E-state index contributed by atoms with van der Waals surface area (Å²) >= 11 is 2.04. The molecule has 4 nitrogen and oxygen atoms in total. The Balaban J connectivity index is 2.15. The Hall–Kier alpha value is -0.256. The molecule has 0 N–H and O–H groups in total. The van der Waals surface area contributed by atoms with E-state index in [1.54, 1.807) is 7.11 Å². The van der Waals surface area contributed by atoms with Crippen LogP contribution >= 0.6 is 0 Å². The number of hydrogen-bond donors (Lipinski definition) is 0. The van der Waals surface area contributed by atoms with E-state index in [0.29, 0.717) is 3.60 Å². The van der Waals surface area contributed by atoms with Crippen molar-refractivity contribution in [3.05, 3.63) is 35.9 Å². The number of methoxy groups -OCH3 is 1. The molecule has 1 aromatic rings. The van der Waals surface area contributed by atoms with Crippen LogP contribution in [0.25, 0.3) is 0 Å². The molecule has 0 amide bonds. The van der Waals surface area contributed by atoms with Crippen LogP contribution in [-0.2, 0) is 0 Å². The molecule has 0 saturated heterocycles. The second kappa shape index (κ2) is 9.29. The number of allylic oxidation sites excluding steroid dienone is 2. The van der Waals surface area contributed by atoms with E-state index in [1.165, 1.54) is 8.96 Å². The Labute approximate surface area is 170 Å². The number of benzene rings is 1. The SMILES string of the molecule is CC/C=C\C(CCN1[C]([Pb])=Nc2cc(OC)ccc2[CH]1[Pb])=NC. The van der Waals surface area contributed by atoms with Gasteiger partial charge in [0.25, 0.3) is 0 Å². The first-order valence-corrected chi connectivity index (χ1v) is 11.9. The molecule has 6 heteroatoms. The number of ether oxygens (including phenoxy) is 1. The zero-order valence-corrected chi connectivity index (χ0v) is 21.6. The molecule has 23 heavy (non-hydrogen) atoms. The van der Waals surface area contributed by atoms with Gasteiger partial charge in [0.2, 0.25) is 0 Å². The van der Waals surface area contributed by atoms with Gasteiger partial charge in [-0.2, -0.15) is 0 Å². The monoisotopic (exact) mass is 699 g/mol. The van der Waals surface area contributed by atoms with Crippen molar-refractivity contribution in [3.8, 4) is 5.75 Å². The second-order valence-corrected chi connectivity index (χ2v) is 9.10. The van der Waals surface area contributed by atoms with Crippen LogP contribution in [0.1, 0.15) is 28.9 Å². The molecule has 1 aromatic carbocycles. The summed E-state index contributed by atoms with van der Waals surface area (Å²) in [7, 11) is 3.58. The molecule has 1 atom stereocenters. The van der Waals surface area contributed by atoms with Crippen LogP contribution in [0.3, 0.4) is 0 Å². The normalized spacial score (nSPS) is 18.1. The molecule has 1 aliphatic rings.